The summed E-state index contributed by atoms with van der Waals surface area (Å²) in [6, 6.07) is 9.90. The van der Waals surface area contributed by atoms with Gasteiger partial charge in [-0.05, 0) is 74.2 Å². The first-order chi connectivity index (χ1) is 28.8. The number of aliphatic hydroxyl groups is 2. The number of esters is 3. The first-order valence-electron chi connectivity index (χ1n) is 21.2. The summed E-state index contributed by atoms with van der Waals surface area (Å²) in [6.45, 7) is 6.87. The molecule has 2 bridgehead atoms. The van der Waals surface area contributed by atoms with E-state index in [-0.39, 0.29) is 12.3 Å². The third-order valence-electron chi connectivity index (χ3n) is 15.7. The molecular weight excluding hydrogens is 769 g/mol. The molecule has 2 aromatic carbocycles. The zero-order valence-corrected chi connectivity index (χ0v) is 35.3. The number of fused-ring (bicyclic) bond motifs is 6. The van der Waals surface area contributed by atoms with Crippen LogP contribution in [-0.4, -0.2) is 134 Å². The van der Waals surface area contributed by atoms with Crippen molar-refractivity contribution in [2.45, 2.75) is 86.5 Å². The maximum absolute atomic E-state index is 15.3. The number of carbonyl (C=O) groups excluding carboxylic acids is 4. The van der Waals surface area contributed by atoms with Crippen molar-refractivity contribution in [3.63, 3.8) is 0 Å². The van der Waals surface area contributed by atoms with E-state index in [1.54, 1.807) is 6.07 Å². The summed E-state index contributed by atoms with van der Waals surface area (Å²) in [6.07, 6.45) is 7.16. The number of nitrogens with one attached hydrogen (secondary N) is 1. The average molecular weight is 825 g/mol. The van der Waals surface area contributed by atoms with Crippen LogP contribution in [0.4, 0.5) is 5.69 Å². The number of methoxy groups -OCH3 is 4. The molecule has 0 radical (unpaired) electrons. The molecule has 1 aliphatic carbocycles. The fraction of sp³-hybridized carbons (Fsp3) is 0.565. The molecule has 1 spiro atoms. The zero-order chi connectivity index (χ0) is 42.6. The minimum absolute atomic E-state index is 0.159. The van der Waals surface area contributed by atoms with E-state index in [4.69, 9.17) is 18.9 Å². The lowest BCUT2D eigenvalue weighted by Gasteiger charge is -2.63. The highest BCUT2D eigenvalue weighted by atomic mass is 16.5. The second-order valence-electron chi connectivity index (χ2n) is 18.1. The van der Waals surface area contributed by atoms with Crippen molar-refractivity contribution in [2.24, 2.45) is 17.3 Å². The molecule has 3 N–H and O–H groups in total. The highest BCUT2D eigenvalue weighted by Gasteiger charge is 2.81. The van der Waals surface area contributed by atoms with E-state index < -0.39 is 63.4 Å². The van der Waals surface area contributed by atoms with Crippen molar-refractivity contribution in [1.29, 1.82) is 0 Å². The number of anilines is 1. The van der Waals surface area contributed by atoms with Gasteiger partial charge in [0.15, 0.2) is 5.60 Å². The molecule has 6 heterocycles. The number of hydrogen-bond donors (Lipinski definition) is 3. The Hall–Kier alpha value is -4.76. The first-order valence-corrected chi connectivity index (χ1v) is 21.2. The number of amides is 1. The molecule has 10 unspecified atom stereocenters. The van der Waals surface area contributed by atoms with Crippen molar-refractivity contribution >= 4 is 40.9 Å². The Bertz CT molecular complexity index is 2310. The Morgan fingerprint density at radius 3 is 2.38 bits per heavy atom. The van der Waals surface area contributed by atoms with Crippen LogP contribution >= 0.6 is 0 Å². The number of H-pyrrole nitrogens is 1. The lowest BCUT2D eigenvalue weighted by atomic mass is 9.44. The van der Waals surface area contributed by atoms with E-state index in [0.29, 0.717) is 99.5 Å². The highest BCUT2D eigenvalue weighted by Crippen LogP contribution is 2.69. The average Bonchev–Trinajstić information content (AvgIpc) is 3.94. The summed E-state index contributed by atoms with van der Waals surface area (Å²) in [4.78, 5) is 67.3. The molecule has 14 heteroatoms. The Morgan fingerprint density at radius 2 is 1.70 bits per heavy atom. The van der Waals surface area contributed by atoms with Crippen LogP contribution in [0.25, 0.3) is 10.9 Å². The van der Waals surface area contributed by atoms with E-state index in [1.165, 1.54) is 33.3 Å². The molecule has 6 aliphatic rings. The predicted octanol–water partition coefficient (Wildman–Crippen LogP) is 3.38. The van der Waals surface area contributed by atoms with E-state index >= 15 is 4.79 Å². The second-order valence-corrected chi connectivity index (χ2v) is 18.1. The molecule has 5 aliphatic heterocycles. The summed E-state index contributed by atoms with van der Waals surface area (Å²) in [5.74, 6) is -3.64. The van der Waals surface area contributed by atoms with E-state index in [0.717, 1.165) is 16.5 Å². The Morgan fingerprint density at radius 1 is 0.933 bits per heavy atom. The number of ether oxygens (including phenoxy) is 4. The van der Waals surface area contributed by atoms with E-state index in [2.05, 4.69) is 20.9 Å². The predicted molar refractivity (Wildman–Crippen MR) is 221 cm³/mol. The minimum atomic E-state index is -2.57. The summed E-state index contributed by atoms with van der Waals surface area (Å²) < 4.78 is 23.0. The first kappa shape index (κ1) is 40.6. The van der Waals surface area contributed by atoms with Gasteiger partial charge in [0.25, 0.3) is 0 Å². The van der Waals surface area contributed by atoms with Gasteiger partial charge in [-0.25, -0.2) is 4.79 Å². The number of aromatic amines is 1. The van der Waals surface area contributed by atoms with Crippen molar-refractivity contribution in [3.05, 3.63) is 70.9 Å². The van der Waals surface area contributed by atoms with Gasteiger partial charge in [-0.2, -0.15) is 0 Å². The molecule has 1 saturated carbocycles. The SMILES string of the molecule is CCC1(O)CC2CN(CCc3c([nH]c4ccccc34)C(C(=O)OC)(c3cc4c(cc3OC)N(C=O)C3C(O)(C(=O)OC)C(C(=O)OC)C5(CC)C=CCN6CCC43C65)C2)C1. The Balaban J connectivity index is 1.39. The van der Waals surface area contributed by atoms with E-state index in [1.807, 2.05) is 50.3 Å². The van der Waals surface area contributed by atoms with Crippen LogP contribution in [0, 0.1) is 17.3 Å². The minimum Gasteiger partial charge on any atom is -0.496 e. The van der Waals surface area contributed by atoms with Crippen LogP contribution in [0.1, 0.15) is 68.3 Å². The molecule has 14 nitrogen and oxygen atoms in total. The fourth-order valence-corrected chi connectivity index (χ4v) is 13.6. The van der Waals surface area contributed by atoms with Crippen molar-refractivity contribution < 1.29 is 48.3 Å². The van der Waals surface area contributed by atoms with Gasteiger partial charge >= 0.3 is 17.9 Å². The third kappa shape index (κ3) is 5.07. The normalized spacial score (nSPS) is 36.5. The topological polar surface area (TPSA) is 171 Å². The number of benzene rings is 2. The largest absolute Gasteiger partial charge is 0.496 e. The van der Waals surface area contributed by atoms with Gasteiger partial charge in [-0.1, -0.05) is 44.2 Å². The summed E-state index contributed by atoms with van der Waals surface area (Å²) in [5, 5.41) is 26.3. The number of piperidine rings is 1. The van der Waals surface area contributed by atoms with Crippen molar-refractivity contribution in [2.75, 3.05) is 66.1 Å². The molecule has 60 heavy (non-hydrogen) atoms. The maximum atomic E-state index is 15.3. The Labute approximate surface area is 349 Å². The van der Waals surface area contributed by atoms with Gasteiger partial charge < -0.3 is 39.0 Å². The number of rotatable bonds is 8. The van der Waals surface area contributed by atoms with Crippen LogP contribution in [0.3, 0.4) is 0 Å². The van der Waals surface area contributed by atoms with Crippen LogP contribution in [0.2, 0.25) is 0 Å². The highest BCUT2D eigenvalue weighted by molar-refractivity contribution is 5.98. The lowest BCUT2D eigenvalue weighted by Crippen LogP contribution is -2.80. The molecular formula is C46H56N4O10. The molecule has 10 atom stereocenters. The number of nitrogens with zero attached hydrogens (tertiary/aromatic N) is 3. The molecule has 9 rings (SSSR count). The van der Waals surface area contributed by atoms with Crippen molar-refractivity contribution in [3.8, 4) is 5.75 Å². The van der Waals surface area contributed by atoms with Crippen molar-refractivity contribution in [1.82, 2.24) is 14.8 Å². The van der Waals surface area contributed by atoms with Gasteiger partial charge in [0.1, 0.15) is 17.1 Å². The smallest absolute Gasteiger partial charge is 0.341 e. The molecule has 1 amide bonds. The zero-order valence-electron chi connectivity index (χ0n) is 35.3. The molecule has 1 aromatic heterocycles. The Kier molecular flexibility index (Phi) is 9.58. The number of aromatic nitrogens is 1. The number of hydrogen-bond acceptors (Lipinski definition) is 12. The number of para-hydroxylation sites is 1. The monoisotopic (exact) mass is 824 g/mol. The molecule has 320 valence electrons. The van der Waals surface area contributed by atoms with Crippen LogP contribution in [0.15, 0.2) is 48.6 Å². The fourth-order valence-electron chi connectivity index (χ4n) is 13.6. The molecule has 2 saturated heterocycles. The van der Waals surface area contributed by atoms with Gasteiger partial charge in [-0.15, -0.1) is 0 Å². The standard InChI is InChI=1S/C46H56N4O10/c1-7-42(55)22-27-23-45(40(53)59-5,36-29(14-18-48(24-27)25-42)28-12-9-10-13-32(28)47-36)31-20-30-33(21-34(31)57-3)50(26-51)39-44(30)16-19-49-17-11-15-43(8-2,38(44)49)35(37(52)58-4)46(39,56)41(54)60-6/h9-13,15,20-21,26-27,35,38-39,47,55-56H,7-8,14,16-19,22-25H2,1-6H3. The molecule has 3 aromatic rings. The summed E-state index contributed by atoms with van der Waals surface area (Å²) in [5.41, 5.74) is -3.30. The third-order valence-corrected chi connectivity index (χ3v) is 15.7. The van der Waals surface area contributed by atoms with Gasteiger partial charge in [0.05, 0.1) is 45.8 Å². The summed E-state index contributed by atoms with van der Waals surface area (Å²) in [7, 11) is 5.31. The van der Waals surface area contributed by atoms with Gasteiger partial charge in [-0.3, -0.25) is 24.2 Å². The van der Waals surface area contributed by atoms with Gasteiger partial charge in [0, 0.05) is 71.3 Å². The second kappa shape index (κ2) is 14.1. The summed E-state index contributed by atoms with van der Waals surface area (Å²) >= 11 is 0. The lowest BCUT2D eigenvalue weighted by molar-refractivity contribution is -0.210. The van der Waals surface area contributed by atoms with Crippen LogP contribution in [0.5, 0.6) is 5.75 Å². The maximum Gasteiger partial charge on any atom is 0.341 e. The number of carbonyl (C=O) groups is 4. The quantitative estimate of drug-likeness (QED) is 0.131. The van der Waals surface area contributed by atoms with Crippen LogP contribution < -0.4 is 9.64 Å². The van der Waals surface area contributed by atoms with Gasteiger partial charge in [0.2, 0.25) is 6.41 Å². The van der Waals surface area contributed by atoms with Crippen LogP contribution in [-0.2, 0) is 50.6 Å². The molecule has 3 fully saturated rings. The van der Waals surface area contributed by atoms with E-state index in [9.17, 15) is 24.6 Å².